The van der Waals surface area contributed by atoms with Crippen molar-refractivity contribution in [2.75, 3.05) is 13.1 Å². The summed E-state index contributed by atoms with van der Waals surface area (Å²) in [6.07, 6.45) is 2.51. The average Bonchev–Trinajstić information content (AvgIpc) is 2.26. The van der Waals surface area contributed by atoms with Crippen LogP contribution >= 0.6 is 0 Å². The Kier molecular flexibility index (Phi) is 4.73. The summed E-state index contributed by atoms with van der Waals surface area (Å²) in [7, 11) is 0. The van der Waals surface area contributed by atoms with Gasteiger partial charge in [0.1, 0.15) is 0 Å². The van der Waals surface area contributed by atoms with E-state index in [0.717, 1.165) is 19.4 Å². The maximum absolute atomic E-state index is 11.8. The van der Waals surface area contributed by atoms with Crippen LogP contribution in [0.5, 0.6) is 0 Å². The van der Waals surface area contributed by atoms with Crippen molar-refractivity contribution >= 4 is 11.8 Å². The number of carbonyl (C=O) groups excluding carboxylic acids is 2. The molecule has 1 heterocycles. The zero-order chi connectivity index (χ0) is 12.1. The van der Waals surface area contributed by atoms with E-state index in [2.05, 4.69) is 5.32 Å². The fourth-order valence-corrected chi connectivity index (χ4v) is 1.99. The first-order chi connectivity index (χ1) is 7.54. The molecule has 0 saturated carbocycles. The summed E-state index contributed by atoms with van der Waals surface area (Å²) < 4.78 is 0. The van der Waals surface area contributed by atoms with Gasteiger partial charge in [0.05, 0.1) is 6.04 Å². The summed E-state index contributed by atoms with van der Waals surface area (Å²) in [6, 6.07) is -0.324. The van der Waals surface area contributed by atoms with Crippen LogP contribution in [0.4, 0.5) is 0 Å². The van der Waals surface area contributed by atoms with Crippen LogP contribution in [-0.4, -0.2) is 41.9 Å². The van der Waals surface area contributed by atoms with Crippen molar-refractivity contribution in [2.45, 2.75) is 45.2 Å². The molecule has 0 spiro atoms. The van der Waals surface area contributed by atoms with Gasteiger partial charge in [0.2, 0.25) is 11.8 Å². The lowest BCUT2D eigenvalue weighted by atomic mass is 10.0. The summed E-state index contributed by atoms with van der Waals surface area (Å²) in [5, 5.41) is 2.85. The Balaban J connectivity index is 2.49. The largest absolute Gasteiger partial charge is 0.352 e. The molecule has 1 aliphatic rings. The van der Waals surface area contributed by atoms with Gasteiger partial charge in [-0.2, -0.15) is 0 Å². The third-order valence-corrected chi connectivity index (χ3v) is 2.90. The van der Waals surface area contributed by atoms with E-state index in [1.165, 1.54) is 6.92 Å². The highest BCUT2D eigenvalue weighted by atomic mass is 16.2. The first-order valence-corrected chi connectivity index (χ1v) is 5.86. The molecule has 2 atom stereocenters. The Morgan fingerprint density at radius 1 is 1.56 bits per heavy atom. The lowest BCUT2D eigenvalue weighted by molar-refractivity contribution is -0.134. The molecule has 2 amide bonds. The highest BCUT2D eigenvalue weighted by Gasteiger charge is 2.26. The fourth-order valence-electron chi connectivity index (χ4n) is 1.99. The second kappa shape index (κ2) is 5.84. The molecule has 0 aromatic carbocycles. The summed E-state index contributed by atoms with van der Waals surface area (Å²) in [4.78, 5) is 24.6. The Hall–Kier alpha value is -1.10. The molecule has 5 nitrogen and oxygen atoms in total. The molecule has 3 N–H and O–H groups in total. The van der Waals surface area contributed by atoms with Crippen molar-refractivity contribution in [3.63, 3.8) is 0 Å². The van der Waals surface area contributed by atoms with Gasteiger partial charge < -0.3 is 16.0 Å². The third kappa shape index (κ3) is 3.48. The first-order valence-electron chi connectivity index (χ1n) is 5.86. The minimum Gasteiger partial charge on any atom is -0.352 e. The van der Waals surface area contributed by atoms with Crippen molar-refractivity contribution in [3.05, 3.63) is 0 Å². The highest BCUT2D eigenvalue weighted by Crippen LogP contribution is 2.11. The van der Waals surface area contributed by atoms with Crippen molar-refractivity contribution < 1.29 is 9.59 Å². The highest BCUT2D eigenvalue weighted by molar-refractivity contribution is 5.81. The van der Waals surface area contributed by atoms with Gasteiger partial charge in [-0.25, -0.2) is 0 Å². The maximum atomic E-state index is 11.8. The number of nitrogens with zero attached hydrogens (tertiary/aromatic N) is 1. The van der Waals surface area contributed by atoms with E-state index < -0.39 is 6.04 Å². The van der Waals surface area contributed by atoms with Gasteiger partial charge in [-0.05, 0) is 19.3 Å². The van der Waals surface area contributed by atoms with Crippen LogP contribution in [-0.2, 0) is 9.59 Å². The van der Waals surface area contributed by atoms with E-state index in [1.807, 2.05) is 6.92 Å². The van der Waals surface area contributed by atoms with E-state index >= 15 is 0 Å². The van der Waals surface area contributed by atoms with Crippen molar-refractivity contribution in [1.29, 1.82) is 0 Å². The predicted molar refractivity (Wildman–Crippen MR) is 61.7 cm³/mol. The number of amides is 2. The molecule has 92 valence electrons. The number of hydrogen-bond acceptors (Lipinski definition) is 3. The van der Waals surface area contributed by atoms with E-state index in [4.69, 9.17) is 5.73 Å². The summed E-state index contributed by atoms with van der Waals surface area (Å²) in [6.45, 7) is 4.74. The fraction of sp³-hybridized carbons (Fsp3) is 0.818. The van der Waals surface area contributed by atoms with Gasteiger partial charge in [-0.1, -0.05) is 6.92 Å². The molecule has 0 radical (unpaired) electrons. The van der Waals surface area contributed by atoms with Crippen LogP contribution < -0.4 is 11.1 Å². The van der Waals surface area contributed by atoms with E-state index in [0.29, 0.717) is 13.0 Å². The van der Waals surface area contributed by atoms with Gasteiger partial charge in [0.25, 0.3) is 0 Å². The molecule has 0 aromatic heterocycles. The minimum atomic E-state index is -0.406. The molecule has 1 aliphatic heterocycles. The van der Waals surface area contributed by atoms with Gasteiger partial charge in [-0.15, -0.1) is 0 Å². The van der Waals surface area contributed by atoms with E-state index in [-0.39, 0.29) is 17.9 Å². The predicted octanol–water partition coefficient (Wildman–Crippen LogP) is -0.149. The lowest BCUT2D eigenvalue weighted by Gasteiger charge is -2.34. The molecule has 16 heavy (non-hydrogen) atoms. The molecule has 1 saturated heterocycles. The summed E-state index contributed by atoms with van der Waals surface area (Å²) >= 11 is 0. The summed E-state index contributed by atoms with van der Waals surface area (Å²) in [5.74, 6) is -0.0448. The van der Waals surface area contributed by atoms with Crippen molar-refractivity contribution in [1.82, 2.24) is 10.2 Å². The molecule has 2 unspecified atom stereocenters. The van der Waals surface area contributed by atoms with E-state index in [9.17, 15) is 9.59 Å². The Morgan fingerprint density at radius 3 is 2.81 bits per heavy atom. The number of nitrogens with one attached hydrogen (secondary N) is 1. The Labute approximate surface area is 96.4 Å². The Bertz CT molecular complexity index is 268. The molecule has 5 heteroatoms. The topological polar surface area (TPSA) is 75.4 Å². The summed E-state index contributed by atoms with van der Waals surface area (Å²) in [5.41, 5.74) is 5.72. The molecule has 0 bridgehead atoms. The van der Waals surface area contributed by atoms with Crippen LogP contribution in [0.3, 0.4) is 0 Å². The second-order valence-corrected chi connectivity index (χ2v) is 4.34. The van der Waals surface area contributed by atoms with Gasteiger partial charge >= 0.3 is 0 Å². The van der Waals surface area contributed by atoms with Crippen LogP contribution in [0, 0.1) is 0 Å². The second-order valence-electron chi connectivity index (χ2n) is 4.34. The number of piperidine rings is 1. The van der Waals surface area contributed by atoms with Gasteiger partial charge in [0.15, 0.2) is 0 Å². The smallest absolute Gasteiger partial charge is 0.239 e. The third-order valence-electron chi connectivity index (χ3n) is 2.90. The molecular weight excluding hydrogens is 206 g/mol. The first kappa shape index (κ1) is 13.0. The van der Waals surface area contributed by atoms with Crippen LogP contribution in [0.25, 0.3) is 0 Å². The monoisotopic (exact) mass is 227 g/mol. The SMILES string of the molecule is CCC(N)C(=O)N1CCCC(NC(C)=O)C1. The van der Waals surface area contributed by atoms with Crippen molar-refractivity contribution in [3.8, 4) is 0 Å². The normalized spacial score (nSPS) is 22.7. The van der Waals surface area contributed by atoms with Crippen LogP contribution in [0.15, 0.2) is 0 Å². The Morgan fingerprint density at radius 2 is 2.25 bits per heavy atom. The molecule has 0 aromatic rings. The van der Waals surface area contributed by atoms with Gasteiger partial charge in [-0.3, -0.25) is 9.59 Å². The zero-order valence-corrected chi connectivity index (χ0v) is 10.0. The molecular formula is C11H21N3O2. The van der Waals surface area contributed by atoms with Gasteiger partial charge in [0, 0.05) is 26.1 Å². The molecule has 1 rings (SSSR count). The van der Waals surface area contributed by atoms with Crippen molar-refractivity contribution in [2.24, 2.45) is 5.73 Å². The van der Waals surface area contributed by atoms with Crippen LogP contribution in [0.2, 0.25) is 0 Å². The quantitative estimate of drug-likeness (QED) is 0.704. The number of likely N-dealkylation sites (tertiary alicyclic amines) is 1. The number of rotatable bonds is 3. The lowest BCUT2D eigenvalue weighted by Crippen LogP contribution is -2.53. The average molecular weight is 227 g/mol. The number of nitrogens with two attached hydrogens (primary N) is 1. The zero-order valence-electron chi connectivity index (χ0n) is 10.0. The minimum absolute atomic E-state index is 0.00227. The number of carbonyl (C=O) groups is 2. The molecule has 0 aliphatic carbocycles. The van der Waals surface area contributed by atoms with Crippen LogP contribution in [0.1, 0.15) is 33.1 Å². The maximum Gasteiger partial charge on any atom is 0.239 e. The van der Waals surface area contributed by atoms with E-state index in [1.54, 1.807) is 4.90 Å². The number of hydrogen-bond donors (Lipinski definition) is 2. The molecule has 1 fully saturated rings. The standard InChI is InChI=1S/C11H21N3O2/c1-3-10(12)11(16)14-6-4-5-9(7-14)13-8(2)15/h9-10H,3-7,12H2,1-2H3,(H,13,15).